The molecule has 4 nitrogen and oxygen atoms in total. The van der Waals surface area contributed by atoms with Gasteiger partial charge in [-0.25, -0.2) is 0 Å². The Morgan fingerprint density at radius 2 is 1.69 bits per heavy atom. The van der Waals surface area contributed by atoms with Gasteiger partial charge in [-0.2, -0.15) is 13.2 Å². The molecule has 2 aliphatic carbocycles. The van der Waals surface area contributed by atoms with Gasteiger partial charge in [0.05, 0.1) is 17.7 Å². The maximum Gasteiger partial charge on any atom is 0.416 e. The van der Waals surface area contributed by atoms with Crippen LogP contribution < -0.4 is 15.4 Å². The third kappa shape index (κ3) is 5.77. The molecule has 1 aromatic heterocycles. The minimum atomic E-state index is -4.47. The molecule has 0 amide bonds. The molecule has 3 aromatic rings. The average molecular weight is 498 g/mol. The summed E-state index contributed by atoms with van der Waals surface area (Å²) >= 11 is 0. The van der Waals surface area contributed by atoms with E-state index in [1.54, 1.807) is 6.07 Å². The Morgan fingerprint density at radius 3 is 2.42 bits per heavy atom. The van der Waals surface area contributed by atoms with Crippen molar-refractivity contribution in [2.24, 2.45) is 11.8 Å². The molecule has 1 heterocycles. The second kappa shape index (κ2) is 10.7. The highest BCUT2D eigenvalue weighted by Crippen LogP contribution is 2.40. The molecule has 2 N–H and O–H groups in total. The number of aromatic nitrogens is 1. The van der Waals surface area contributed by atoms with Gasteiger partial charge in [0.25, 0.3) is 0 Å². The van der Waals surface area contributed by atoms with E-state index in [1.807, 2.05) is 37.3 Å². The molecule has 0 spiro atoms. The van der Waals surface area contributed by atoms with E-state index in [4.69, 9.17) is 4.74 Å². The van der Waals surface area contributed by atoms with Crippen LogP contribution in [0.15, 0.2) is 48.5 Å². The molecule has 36 heavy (non-hydrogen) atoms. The number of para-hydroxylation sites is 1. The van der Waals surface area contributed by atoms with E-state index in [-0.39, 0.29) is 5.75 Å². The van der Waals surface area contributed by atoms with Crippen LogP contribution in [-0.2, 0) is 6.18 Å². The predicted molar refractivity (Wildman–Crippen MR) is 138 cm³/mol. The van der Waals surface area contributed by atoms with E-state index in [1.165, 1.54) is 38.5 Å². The third-order valence-electron chi connectivity index (χ3n) is 7.64. The van der Waals surface area contributed by atoms with Crippen molar-refractivity contribution in [2.75, 3.05) is 18.5 Å². The summed E-state index contributed by atoms with van der Waals surface area (Å²) in [6.07, 6.45) is 4.24. The number of benzene rings is 2. The summed E-state index contributed by atoms with van der Waals surface area (Å²) in [5.74, 6) is 1.78. The SMILES string of the molecule is Cc1cc(Nc2cc(OCCCNC3C4CCCC3CCC4)cc(C(F)(F)F)c2)c2ccccc2n1. The van der Waals surface area contributed by atoms with Crippen LogP contribution >= 0.6 is 0 Å². The third-order valence-corrected chi connectivity index (χ3v) is 7.64. The molecule has 2 aromatic carbocycles. The summed E-state index contributed by atoms with van der Waals surface area (Å²) in [6, 6.07) is 13.9. The topological polar surface area (TPSA) is 46.2 Å². The zero-order valence-electron chi connectivity index (χ0n) is 20.7. The van der Waals surface area contributed by atoms with Gasteiger partial charge in [0.2, 0.25) is 0 Å². The number of hydrogen-bond acceptors (Lipinski definition) is 4. The second-order valence-electron chi connectivity index (χ2n) is 10.3. The van der Waals surface area contributed by atoms with Crippen molar-refractivity contribution in [1.82, 2.24) is 10.3 Å². The normalized spacial score (nSPS) is 21.9. The van der Waals surface area contributed by atoms with Gasteiger partial charge in [-0.05, 0) is 81.7 Å². The number of alkyl halides is 3. The summed E-state index contributed by atoms with van der Waals surface area (Å²) in [6.45, 7) is 3.06. The number of halogens is 3. The summed E-state index contributed by atoms with van der Waals surface area (Å²) in [5.41, 5.74) is 1.90. The minimum absolute atomic E-state index is 0.219. The van der Waals surface area contributed by atoms with Crippen LogP contribution in [0.25, 0.3) is 10.9 Å². The van der Waals surface area contributed by atoms with E-state index in [0.717, 1.165) is 53.5 Å². The van der Waals surface area contributed by atoms with E-state index in [0.29, 0.717) is 24.0 Å². The Balaban J connectivity index is 1.25. The van der Waals surface area contributed by atoms with Crippen molar-refractivity contribution in [2.45, 2.75) is 64.1 Å². The molecule has 192 valence electrons. The van der Waals surface area contributed by atoms with E-state index in [2.05, 4.69) is 15.6 Å². The quantitative estimate of drug-likeness (QED) is 0.314. The highest BCUT2D eigenvalue weighted by atomic mass is 19.4. The first-order valence-electron chi connectivity index (χ1n) is 13.1. The summed E-state index contributed by atoms with van der Waals surface area (Å²) in [5, 5.41) is 7.76. The van der Waals surface area contributed by atoms with Crippen LogP contribution in [0.1, 0.15) is 56.2 Å². The molecule has 2 saturated carbocycles. The number of nitrogens with zero attached hydrogens (tertiary/aromatic N) is 1. The molecule has 2 fully saturated rings. The van der Waals surface area contributed by atoms with Crippen molar-refractivity contribution in [3.63, 3.8) is 0 Å². The van der Waals surface area contributed by atoms with Crippen LogP contribution in [-0.4, -0.2) is 24.2 Å². The number of pyridine rings is 1. The van der Waals surface area contributed by atoms with E-state index in [9.17, 15) is 13.2 Å². The zero-order valence-corrected chi connectivity index (χ0v) is 20.7. The van der Waals surface area contributed by atoms with Gasteiger partial charge in [-0.15, -0.1) is 0 Å². The van der Waals surface area contributed by atoms with Crippen molar-refractivity contribution in [3.8, 4) is 5.75 Å². The zero-order chi connectivity index (χ0) is 25.1. The first kappa shape index (κ1) is 24.9. The van der Waals surface area contributed by atoms with Crippen LogP contribution in [0.5, 0.6) is 5.75 Å². The second-order valence-corrected chi connectivity index (χ2v) is 10.3. The summed E-state index contributed by atoms with van der Waals surface area (Å²) in [7, 11) is 0. The largest absolute Gasteiger partial charge is 0.493 e. The fraction of sp³-hybridized carbons (Fsp3) is 0.483. The first-order chi connectivity index (χ1) is 17.4. The lowest BCUT2D eigenvalue weighted by atomic mass is 9.68. The number of nitrogens with one attached hydrogen (secondary N) is 2. The maximum atomic E-state index is 13.7. The van der Waals surface area contributed by atoms with Gasteiger partial charge in [0.15, 0.2) is 0 Å². The number of aryl methyl sites for hydroxylation is 1. The summed E-state index contributed by atoms with van der Waals surface area (Å²) in [4.78, 5) is 4.51. The van der Waals surface area contributed by atoms with Crippen molar-refractivity contribution in [3.05, 3.63) is 59.8 Å². The standard InChI is InChI=1S/C29H34F3N3O/c1-19-15-27(25-11-2-3-12-26(25)34-19)35-23-16-22(29(30,31)32)17-24(18-23)36-14-6-13-33-28-20-7-4-8-21(28)10-5-9-20/h2-3,11-12,15-18,20-21,28,33H,4-10,13-14H2,1H3,(H,34,35). The number of ether oxygens (including phenoxy) is 1. The Bertz CT molecular complexity index is 1170. The van der Waals surface area contributed by atoms with Gasteiger partial charge >= 0.3 is 6.18 Å². The fourth-order valence-corrected chi connectivity index (χ4v) is 6.03. The van der Waals surface area contributed by atoms with E-state index >= 15 is 0 Å². The van der Waals surface area contributed by atoms with Gasteiger partial charge in [-0.3, -0.25) is 4.98 Å². The Kier molecular flexibility index (Phi) is 7.37. The molecule has 2 bridgehead atoms. The predicted octanol–water partition coefficient (Wildman–Crippen LogP) is 7.63. The number of rotatable bonds is 8. The van der Waals surface area contributed by atoms with Crippen LogP contribution in [0.3, 0.4) is 0 Å². The van der Waals surface area contributed by atoms with Crippen LogP contribution in [0, 0.1) is 18.8 Å². The lowest BCUT2D eigenvalue weighted by Crippen LogP contribution is -2.47. The monoisotopic (exact) mass is 497 g/mol. The molecule has 0 unspecified atom stereocenters. The average Bonchev–Trinajstić information content (AvgIpc) is 2.83. The molecule has 5 rings (SSSR count). The lowest BCUT2D eigenvalue weighted by Gasteiger charge is -2.43. The Hall–Kier alpha value is -2.80. The van der Waals surface area contributed by atoms with Crippen molar-refractivity contribution in [1.29, 1.82) is 0 Å². The Labute approximate surface area is 210 Å². The highest BCUT2D eigenvalue weighted by Gasteiger charge is 2.35. The smallest absolute Gasteiger partial charge is 0.416 e. The van der Waals surface area contributed by atoms with Gasteiger partial charge in [0.1, 0.15) is 5.75 Å². The molecular weight excluding hydrogens is 463 g/mol. The molecule has 2 aliphatic rings. The molecule has 0 aliphatic heterocycles. The van der Waals surface area contributed by atoms with Crippen LogP contribution in [0.2, 0.25) is 0 Å². The molecule has 0 radical (unpaired) electrons. The summed E-state index contributed by atoms with van der Waals surface area (Å²) < 4.78 is 46.8. The van der Waals surface area contributed by atoms with E-state index < -0.39 is 11.7 Å². The van der Waals surface area contributed by atoms with Gasteiger partial charge < -0.3 is 15.4 Å². The number of anilines is 2. The van der Waals surface area contributed by atoms with Crippen LogP contribution in [0.4, 0.5) is 24.5 Å². The first-order valence-corrected chi connectivity index (χ1v) is 13.1. The number of fused-ring (bicyclic) bond motifs is 3. The minimum Gasteiger partial charge on any atom is -0.493 e. The Morgan fingerprint density at radius 1 is 0.972 bits per heavy atom. The lowest BCUT2D eigenvalue weighted by molar-refractivity contribution is -0.137. The highest BCUT2D eigenvalue weighted by molar-refractivity contribution is 5.93. The van der Waals surface area contributed by atoms with Gasteiger partial charge in [0, 0.05) is 34.6 Å². The van der Waals surface area contributed by atoms with Gasteiger partial charge in [-0.1, -0.05) is 31.0 Å². The molecule has 7 heteroatoms. The molecular formula is C29H34F3N3O. The molecule has 0 atom stereocenters. The number of hydrogen-bond donors (Lipinski definition) is 2. The maximum absolute atomic E-state index is 13.7. The molecule has 0 saturated heterocycles. The van der Waals surface area contributed by atoms with Crippen molar-refractivity contribution >= 4 is 22.3 Å². The fourth-order valence-electron chi connectivity index (χ4n) is 6.03. The van der Waals surface area contributed by atoms with Crippen molar-refractivity contribution < 1.29 is 17.9 Å².